The van der Waals surface area contributed by atoms with E-state index in [1.165, 1.54) is 48.5 Å². The van der Waals surface area contributed by atoms with Crippen molar-refractivity contribution in [1.29, 1.82) is 0 Å². The number of aromatic hydroxyl groups is 1. The van der Waals surface area contributed by atoms with Crippen LogP contribution in [0, 0.1) is 11.6 Å². The summed E-state index contributed by atoms with van der Waals surface area (Å²) in [6, 6.07) is 14.7. The van der Waals surface area contributed by atoms with Crippen molar-refractivity contribution in [3.05, 3.63) is 89.5 Å². The minimum atomic E-state index is -0.793. The number of phenols is 1. The highest BCUT2D eigenvalue weighted by Crippen LogP contribution is 2.22. The average Bonchev–Trinajstić information content (AvgIpc) is 2.65. The van der Waals surface area contributed by atoms with Gasteiger partial charge in [-0.1, -0.05) is 24.3 Å². The number of hydrogen-bond donors (Lipinski definition) is 3. The molecule has 5 nitrogen and oxygen atoms in total. The van der Waals surface area contributed by atoms with Crippen molar-refractivity contribution in [3.63, 3.8) is 0 Å². The lowest BCUT2D eigenvalue weighted by Gasteiger charge is -2.10. The molecule has 0 aliphatic carbocycles. The van der Waals surface area contributed by atoms with Gasteiger partial charge in [0.1, 0.15) is 17.4 Å². The summed E-state index contributed by atoms with van der Waals surface area (Å²) in [5, 5.41) is 14.6. The third kappa shape index (κ3) is 4.09. The van der Waals surface area contributed by atoms with Crippen molar-refractivity contribution in [2.75, 3.05) is 10.6 Å². The molecule has 0 heterocycles. The first-order valence-electron chi connectivity index (χ1n) is 7.90. The smallest absolute Gasteiger partial charge is 0.259 e. The third-order valence-electron chi connectivity index (χ3n) is 3.75. The number of carbonyl (C=O) groups is 2. The summed E-state index contributed by atoms with van der Waals surface area (Å²) in [4.78, 5) is 24.7. The first-order chi connectivity index (χ1) is 13.0. The monoisotopic (exact) mass is 368 g/mol. The molecule has 0 saturated carbocycles. The van der Waals surface area contributed by atoms with Crippen LogP contribution in [-0.4, -0.2) is 16.9 Å². The highest BCUT2D eigenvalue weighted by molar-refractivity contribution is 6.10. The Morgan fingerprint density at radius 2 is 1.26 bits per heavy atom. The summed E-state index contributed by atoms with van der Waals surface area (Å²) in [6.45, 7) is 0. The molecule has 0 fully saturated rings. The minimum absolute atomic E-state index is 0.0204. The van der Waals surface area contributed by atoms with Crippen LogP contribution in [0.15, 0.2) is 66.7 Å². The van der Waals surface area contributed by atoms with Crippen LogP contribution >= 0.6 is 0 Å². The van der Waals surface area contributed by atoms with Crippen molar-refractivity contribution in [3.8, 4) is 5.75 Å². The van der Waals surface area contributed by atoms with Gasteiger partial charge in [0.2, 0.25) is 0 Å². The highest BCUT2D eigenvalue weighted by Gasteiger charge is 2.17. The minimum Gasteiger partial charge on any atom is -0.507 e. The van der Waals surface area contributed by atoms with Crippen molar-refractivity contribution >= 4 is 23.2 Å². The maximum Gasteiger partial charge on any atom is 0.259 e. The molecule has 3 aromatic carbocycles. The zero-order valence-electron chi connectivity index (χ0n) is 13.9. The molecular weight excluding hydrogens is 354 g/mol. The number of nitrogens with one attached hydrogen (secondary N) is 2. The molecule has 2 amide bonds. The predicted octanol–water partition coefficient (Wildman–Crippen LogP) is 4.18. The standard InChI is InChI=1S/C20H14F2N2O3/c21-14-5-1-3-7-16(14)23-19(26)12-9-10-18(25)13(11-12)20(27)24-17-8-4-2-6-15(17)22/h1-11,25H,(H,23,26)(H,24,27). The molecule has 136 valence electrons. The van der Waals surface area contributed by atoms with E-state index < -0.39 is 23.4 Å². The number of para-hydroxylation sites is 2. The average molecular weight is 368 g/mol. The van der Waals surface area contributed by atoms with Gasteiger partial charge in [0, 0.05) is 5.56 Å². The van der Waals surface area contributed by atoms with Gasteiger partial charge in [0.05, 0.1) is 16.9 Å². The molecule has 0 radical (unpaired) electrons. The predicted molar refractivity (Wildman–Crippen MR) is 96.8 cm³/mol. The fraction of sp³-hybridized carbons (Fsp3) is 0. The number of rotatable bonds is 4. The Hall–Kier alpha value is -3.74. The van der Waals surface area contributed by atoms with E-state index in [4.69, 9.17) is 0 Å². The second kappa shape index (κ2) is 7.65. The summed E-state index contributed by atoms with van der Waals surface area (Å²) in [7, 11) is 0. The number of phenolic OH excluding ortho intramolecular Hbond substituents is 1. The van der Waals surface area contributed by atoms with Gasteiger partial charge in [-0.15, -0.1) is 0 Å². The molecule has 7 heteroatoms. The Kier molecular flexibility index (Phi) is 5.12. The Bertz CT molecular complexity index is 1020. The van der Waals surface area contributed by atoms with Crippen LogP contribution in [0.5, 0.6) is 5.75 Å². The van der Waals surface area contributed by atoms with Crippen LogP contribution in [-0.2, 0) is 0 Å². The van der Waals surface area contributed by atoms with E-state index in [-0.39, 0.29) is 28.3 Å². The van der Waals surface area contributed by atoms with Crippen LogP contribution in [0.2, 0.25) is 0 Å². The maximum absolute atomic E-state index is 13.7. The first-order valence-corrected chi connectivity index (χ1v) is 7.90. The molecule has 3 rings (SSSR count). The van der Waals surface area contributed by atoms with Crippen LogP contribution < -0.4 is 10.6 Å². The number of carbonyl (C=O) groups excluding carboxylic acids is 2. The number of hydrogen-bond acceptors (Lipinski definition) is 3. The fourth-order valence-electron chi connectivity index (χ4n) is 2.37. The van der Waals surface area contributed by atoms with Crippen molar-refractivity contribution in [2.24, 2.45) is 0 Å². The van der Waals surface area contributed by atoms with Gasteiger partial charge >= 0.3 is 0 Å². The molecule has 0 aliphatic rings. The van der Waals surface area contributed by atoms with Crippen LogP contribution in [0.25, 0.3) is 0 Å². The van der Waals surface area contributed by atoms with Crippen LogP contribution in [0.3, 0.4) is 0 Å². The van der Waals surface area contributed by atoms with E-state index in [2.05, 4.69) is 10.6 Å². The third-order valence-corrected chi connectivity index (χ3v) is 3.75. The van der Waals surface area contributed by atoms with Gasteiger partial charge in [-0.05, 0) is 42.5 Å². The lowest BCUT2D eigenvalue weighted by atomic mass is 10.1. The lowest BCUT2D eigenvalue weighted by molar-refractivity contribution is 0.102. The zero-order valence-corrected chi connectivity index (χ0v) is 13.9. The summed E-state index contributed by atoms with van der Waals surface area (Å²) in [6.07, 6.45) is 0. The Morgan fingerprint density at radius 1 is 0.741 bits per heavy atom. The molecule has 0 aromatic heterocycles. The second-order valence-electron chi connectivity index (χ2n) is 5.60. The maximum atomic E-state index is 13.7. The van der Waals surface area contributed by atoms with Crippen LogP contribution in [0.1, 0.15) is 20.7 Å². The zero-order chi connectivity index (χ0) is 19.4. The molecular formula is C20H14F2N2O3. The summed E-state index contributed by atoms with van der Waals surface area (Å²) < 4.78 is 27.3. The van der Waals surface area contributed by atoms with E-state index in [9.17, 15) is 23.5 Å². The van der Waals surface area contributed by atoms with Crippen molar-refractivity contribution in [1.82, 2.24) is 0 Å². The number of amides is 2. The summed E-state index contributed by atoms with van der Waals surface area (Å²) >= 11 is 0. The Labute approximate surface area is 153 Å². The molecule has 0 spiro atoms. The van der Waals surface area contributed by atoms with Gasteiger partial charge < -0.3 is 15.7 Å². The lowest BCUT2D eigenvalue weighted by Crippen LogP contribution is -2.16. The van der Waals surface area contributed by atoms with E-state index >= 15 is 0 Å². The number of anilines is 2. The van der Waals surface area contributed by atoms with E-state index in [1.807, 2.05) is 0 Å². The summed E-state index contributed by atoms with van der Waals surface area (Å²) in [5.41, 5.74) is -0.287. The van der Waals surface area contributed by atoms with Gasteiger partial charge in [0.25, 0.3) is 11.8 Å². The first kappa shape index (κ1) is 18.1. The molecule has 27 heavy (non-hydrogen) atoms. The molecule has 0 atom stereocenters. The van der Waals surface area contributed by atoms with E-state index in [1.54, 1.807) is 6.07 Å². The fourth-order valence-corrected chi connectivity index (χ4v) is 2.37. The quantitative estimate of drug-likeness (QED) is 0.647. The largest absolute Gasteiger partial charge is 0.507 e. The normalized spacial score (nSPS) is 10.3. The highest BCUT2D eigenvalue weighted by atomic mass is 19.1. The van der Waals surface area contributed by atoms with Gasteiger partial charge in [-0.2, -0.15) is 0 Å². The van der Waals surface area contributed by atoms with Gasteiger partial charge in [0.15, 0.2) is 0 Å². The number of halogens is 2. The molecule has 0 unspecified atom stereocenters. The van der Waals surface area contributed by atoms with E-state index in [0.29, 0.717) is 0 Å². The second-order valence-corrected chi connectivity index (χ2v) is 5.60. The van der Waals surface area contributed by atoms with Crippen molar-refractivity contribution in [2.45, 2.75) is 0 Å². The SMILES string of the molecule is O=C(Nc1ccccc1F)c1ccc(O)c(C(=O)Nc2ccccc2F)c1. The molecule has 3 aromatic rings. The Morgan fingerprint density at radius 3 is 1.81 bits per heavy atom. The van der Waals surface area contributed by atoms with Crippen LogP contribution in [0.4, 0.5) is 20.2 Å². The molecule has 0 bridgehead atoms. The Balaban J connectivity index is 1.83. The molecule has 3 N–H and O–H groups in total. The molecule has 0 saturated heterocycles. The van der Waals surface area contributed by atoms with Gasteiger partial charge in [-0.3, -0.25) is 9.59 Å². The van der Waals surface area contributed by atoms with Gasteiger partial charge in [-0.25, -0.2) is 8.78 Å². The topological polar surface area (TPSA) is 78.4 Å². The van der Waals surface area contributed by atoms with E-state index in [0.717, 1.165) is 12.1 Å². The number of benzene rings is 3. The summed E-state index contributed by atoms with van der Waals surface area (Å²) in [5.74, 6) is -3.09. The molecule has 0 aliphatic heterocycles. The van der Waals surface area contributed by atoms with Crippen molar-refractivity contribution < 1.29 is 23.5 Å².